The fraction of sp³-hybridized carbons (Fsp3) is 0.583. The second-order valence-electron chi connectivity index (χ2n) is 20.7. The second kappa shape index (κ2) is 21.7. The van der Waals surface area contributed by atoms with Gasteiger partial charge in [-0.3, -0.25) is 68.8 Å². The molecule has 5 N–H and O–H groups in total. The topological polar surface area (TPSA) is 249 Å². The van der Waals surface area contributed by atoms with Crippen LogP contribution in [0.5, 0.6) is 0 Å². The van der Waals surface area contributed by atoms with E-state index in [0.29, 0.717) is 37.9 Å². The Kier molecular flexibility index (Phi) is 16.7. The molecule has 20 heteroatoms. The Hall–Kier alpha value is -6.44. The summed E-state index contributed by atoms with van der Waals surface area (Å²) in [5, 5.41) is 12.8. The van der Waals surface area contributed by atoms with Crippen LogP contribution in [0.3, 0.4) is 0 Å². The van der Waals surface area contributed by atoms with Crippen LogP contribution in [0, 0.1) is 5.41 Å². The quantitative estimate of drug-likeness (QED) is 0.259. The van der Waals surface area contributed by atoms with Gasteiger partial charge in [0.25, 0.3) is 11.5 Å². The van der Waals surface area contributed by atoms with Gasteiger partial charge in [-0.2, -0.15) is 0 Å². The van der Waals surface area contributed by atoms with Crippen molar-refractivity contribution in [1.82, 2.24) is 40.5 Å². The molecule has 3 atom stereocenters. The predicted octanol–water partition coefficient (Wildman–Crippen LogP) is 1.69. The maximum absolute atomic E-state index is 12.2. The number of nitrogens with one attached hydrogen (secondary N) is 5. The summed E-state index contributed by atoms with van der Waals surface area (Å²) in [6.07, 6.45) is 3.30. The number of amides is 9. The Bertz CT molecular complexity index is 2320. The van der Waals surface area contributed by atoms with Gasteiger partial charge in [-0.25, -0.2) is 0 Å². The number of piperazine rings is 2. The van der Waals surface area contributed by atoms with Gasteiger partial charge in [0.2, 0.25) is 47.3 Å². The highest BCUT2D eigenvalue weighted by Crippen LogP contribution is 2.25. The Morgan fingerprint density at radius 2 is 1.16 bits per heavy atom. The molecule has 5 fully saturated rings. The summed E-state index contributed by atoms with van der Waals surface area (Å²) in [6.45, 7) is 22.7. The van der Waals surface area contributed by atoms with E-state index >= 15 is 0 Å². The number of anilines is 2. The van der Waals surface area contributed by atoms with Crippen LogP contribution in [-0.4, -0.2) is 141 Å². The number of benzene rings is 1. The number of piperidine rings is 3. The lowest BCUT2D eigenvalue weighted by atomic mass is 9.94. The maximum Gasteiger partial charge on any atom is 0.253 e. The van der Waals surface area contributed by atoms with E-state index in [1.807, 2.05) is 53.7 Å². The number of pyridine rings is 1. The zero-order valence-corrected chi connectivity index (χ0v) is 40.8. The fourth-order valence-corrected chi connectivity index (χ4v) is 8.32. The average molecular weight is 945 g/mol. The smallest absolute Gasteiger partial charge is 0.253 e. The van der Waals surface area contributed by atoms with Crippen molar-refractivity contribution in [3.8, 4) is 0 Å². The zero-order chi connectivity index (χ0) is 50.3. The van der Waals surface area contributed by atoms with Gasteiger partial charge >= 0.3 is 0 Å². The summed E-state index contributed by atoms with van der Waals surface area (Å²) in [5.41, 5.74) is 1.31. The first-order valence-corrected chi connectivity index (χ1v) is 23.2. The minimum absolute atomic E-state index is 0.00612. The molecule has 1 aromatic carbocycles. The van der Waals surface area contributed by atoms with Crippen LogP contribution in [0.2, 0.25) is 0 Å². The van der Waals surface area contributed by atoms with Crippen molar-refractivity contribution in [2.24, 2.45) is 5.41 Å². The van der Waals surface area contributed by atoms with E-state index in [-0.39, 0.29) is 84.3 Å². The molecule has 0 aliphatic carbocycles. The first-order chi connectivity index (χ1) is 31.7. The number of imide groups is 3. The number of hydrogen-bond acceptors (Lipinski definition) is 13. The highest BCUT2D eigenvalue weighted by molar-refractivity contribution is 6.03. The monoisotopic (exact) mass is 945 g/mol. The number of carbonyl (C=O) groups excluding carboxylic acids is 9. The van der Waals surface area contributed by atoms with Crippen LogP contribution in [0.1, 0.15) is 117 Å². The molecule has 7 rings (SSSR count). The molecule has 20 nitrogen and oxygen atoms in total. The van der Waals surface area contributed by atoms with Crippen molar-refractivity contribution in [3.05, 3.63) is 58.5 Å². The van der Waals surface area contributed by atoms with Gasteiger partial charge in [0, 0.05) is 98.7 Å². The Morgan fingerprint density at radius 3 is 1.66 bits per heavy atom. The van der Waals surface area contributed by atoms with E-state index in [1.165, 1.54) is 38.4 Å². The molecule has 9 amide bonds. The molecular formula is C48H68N10O10. The predicted molar refractivity (Wildman–Crippen MR) is 253 cm³/mol. The molecule has 5 aliphatic rings. The molecule has 1 aromatic heterocycles. The molecule has 370 valence electrons. The second-order valence-corrected chi connectivity index (χ2v) is 20.7. The molecule has 3 unspecified atom stereocenters. The molecule has 5 saturated heterocycles. The van der Waals surface area contributed by atoms with Crippen molar-refractivity contribution >= 4 is 64.5 Å². The molecule has 0 radical (unpaired) electrons. The van der Waals surface area contributed by atoms with E-state index in [1.54, 1.807) is 0 Å². The van der Waals surface area contributed by atoms with Gasteiger partial charge < -0.3 is 29.9 Å². The summed E-state index contributed by atoms with van der Waals surface area (Å²) in [7, 11) is 0. The van der Waals surface area contributed by atoms with Crippen molar-refractivity contribution in [2.45, 2.75) is 130 Å². The van der Waals surface area contributed by atoms with Gasteiger partial charge in [-0.1, -0.05) is 20.8 Å². The SMILES string of the molecule is CC(C)(C)C(=O)N1CCN(C2CCC(=O)NC2=O)C(=O)C1.CC(C)(C)N1CCN(c2ccc(NC3CCC(=O)NC3=O)cc2)CC1.CC(C)(C)NC(=O)c1ccc(=O)n(C2CCC(=O)NC2=O)c1. The van der Waals surface area contributed by atoms with E-state index in [9.17, 15) is 47.9 Å². The van der Waals surface area contributed by atoms with E-state index in [4.69, 9.17) is 0 Å². The third kappa shape index (κ3) is 14.3. The van der Waals surface area contributed by atoms with Crippen molar-refractivity contribution in [2.75, 3.05) is 56.0 Å². The number of nitrogens with zero attached hydrogens (tertiary/aromatic N) is 5. The van der Waals surface area contributed by atoms with Crippen molar-refractivity contribution < 1.29 is 43.2 Å². The van der Waals surface area contributed by atoms with Crippen molar-refractivity contribution in [1.29, 1.82) is 0 Å². The summed E-state index contributed by atoms with van der Waals surface area (Å²) >= 11 is 0. The highest BCUT2D eigenvalue weighted by atomic mass is 16.2. The Labute approximate surface area is 397 Å². The number of hydrogen-bond donors (Lipinski definition) is 5. The van der Waals surface area contributed by atoms with Gasteiger partial charge in [-0.05, 0) is 91.1 Å². The number of rotatable bonds is 6. The Morgan fingerprint density at radius 1 is 0.618 bits per heavy atom. The maximum atomic E-state index is 12.2. The minimum atomic E-state index is -0.771. The zero-order valence-electron chi connectivity index (χ0n) is 40.8. The lowest BCUT2D eigenvalue weighted by molar-refractivity contribution is -0.155. The van der Waals surface area contributed by atoms with E-state index < -0.39 is 34.9 Å². The van der Waals surface area contributed by atoms with Crippen molar-refractivity contribution in [3.63, 3.8) is 0 Å². The Balaban J connectivity index is 0.000000192. The fourth-order valence-electron chi connectivity index (χ4n) is 8.32. The molecule has 2 aromatic rings. The van der Waals surface area contributed by atoms with Crippen LogP contribution in [-0.2, 0) is 38.4 Å². The highest BCUT2D eigenvalue weighted by Gasteiger charge is 2.40. The minimum Gasteiger partial charge on any atom is -0.374 e. The van der Waals surface area contributed by atoms with Crippen LogP contribution in [0.25, 0.3) is 0 Å². The normalized spacial score (nSPS) is 21.9. The van der Waals surface area contributed by atoms with Gasteiger partial charge in [0.05, 0.1) is 12.1 Å². The molecule has 0 spiro atoms. The lowest BCUT2D eigenvalue weighted by Gasteiger charge is -2.43. The molecular weight excluding hydrogens is 877 g/mol. The summed E-state index contributed by atoms with van der Waals surface area (Å²) < 4.78 is 1.21. The first-order valence-electron chi connectivity index (χ1n) is 23.2. The average Bonchev–Trinajstić information content (AvgIpc) is 3.24. The molecule has 0 bridgehead atoms. The van der Waals surface area contributed by atoms with Crippen LogP contribution >= 0.6 is 0 Å². The standard InChI is InChI=1S/C19H28N4O2.C15H19N3O4.C14H21N3O4/c1-19(2,3)23-12-10-22(11-13-23)15-6-4-14(5-7-15)20-16-8-9-17(24)21-18(16)25;1-15(2,3)17-13(21)9-4-7-12(20)18(8-9)10-5-6-11(19)16-14(10)22;1-14(2,3)13(21)16-6-7-17(11(19)8-16)9-4-5-10(18)15-12(9)20/h4-7,16,20H,8-13H2,1-3H3,(H,21,24,25);4,7-8,10H,5-6H2,1-3H3,(H,17,21)(H,16,19,22);9H,4-8H2,1-3H3,(H,15,18,20). The molecule has 0 saturated carbocycles. The van der Waals surface area contributed by atoms with E-state index in [0.717, 1.165) is 31.9 Å². The molecule has 6 heterocycles. The lowest BCUT2D eigenvalue weighted by Crippen LogP contribution is -2.61. The van der Waals surface area contributed by atoms with Gasteiger partial charge in [-0.15, -0.1) is 0 Å². The van der Waals surface area contributed by atoms with Gasteiger partial charge in [0.15, 0.2) is 0 Å². The number of aromatic nitrogens is 1. The van der Waals surface area contributed by atoms with E-state index in [2.05, 4.69) is 69.3 Å². The third-order valence-corrected chi connectivity index (χ3v) is 12.0. The van der Waals surface area contributed by atoms with Gasteiger partial charge in [0.1, 0.15) is 18.1 Å². The third-order valence-electron chi connectivity index (χ3n) is 12.0. The van der Waals surface area contributed by atoms with Crippen LogP contribution in [0.4, 0.5) is 11.4 Å². The summed E-state index contributed by atoms with van der Waals surface area (Å²) in [6, 6.07) is 9.19. The molecule has 68 heavy (non-hydrogen) atoms. The van der Waals surface area contributed by atoms with Crippen LogP contribution in [0.15, 0.2) is 47.4 Å². The largest absolute Gasteiger partial charge is 0.374 e. The van der Waals surface area contributed by atoms with Crippen LogP contribution < -0.4 is 37.0 Å². The summed E-state index contributed by atoms with van der Waals surface area (Å²) in [5.74, 6) is -2.66. The summed E-state index contributed by atoms with van der Waals surface area (Å²) in [4.78, 5) is 126. The number of carbonyl (C=O) groups is 9. The first kappa shape index (κ1) is 52.5. The molecule has 5 aliphatic heterocycles.